The second kappa shape index (κ2) is 6.74. The summed E-state index contributed by atoms with van der Waals surface area (Å²) in [4.78, 5) is 12.9. The Morgan fingerprint density at radius 1 is 1.38 bits per heavy atom. The monoisotopic (exact) mass is 395 g/mol. The minimum Gasteiger partial charge on any atom is -0.369 e. The van der Waals surface area contributed by atoms with E-state index in [-0.39, 0.29) is 12.5 Å². The van der Waals surface area contributed by atoms with Crippen molar-refractivity contribution in [3.63, 3.8) is 0 Å². The molecular formula is C12H18BrN3O3S2. The summed E-state index contributed by atoms with van der Waals surface area (Å²) in [5, 5.41) is 0. The zero-order valence-corrected chi connectivity index (χ0v) is 14.9. The number of sulfonamides is 1. The van der Waals surface area contributed by atoms with E-state index < -0.39 is 10.0 Å². The molecule has 118 valence electrons. The quantitative estimate of drug-likeness (QED) is 0.823. The molecule has 0 aliphatic carbocycles. The molecule has 9 heteroatoms. The van der Waals surface area contributed by atoms with Gasteiger partial charge in [-0.25, -0.2) is 8.42 Å². The maximum atomic E-state index is 12.6. The summed E-state index contributed by atoms with van der Waals surface area (Å²) in [5.74, 6) is -0.385. The topological polar surface area (TPSA) is 83.7 Å². The zero-order chi connectivity index (χ0) is 15.6. The van der Waals surface area contributed by atoms with E-state index in [9.17, 15) is 13.2 Å². The van der Waals surface area contributed by atoms with Crippen molar-refractivity contribution in [3.8, 4) is 0 Å². The minimum absolute atomic E-state index is 0.178. The van der Waals surface area contributed by atoms with Crippen LogP contribution in [0.3, 0.4) is 0 Å². The number of nitrogens with two attached hydrogens (primary N) is 1. The number of hydrogen-bond acceptors (Lipinski definition) is 5. The number of hydrogen-bond donors (Lipinski definition) is 1. The van der Waals surface area contributed by atoms with Crippen molar-refractivity contribution in [2.45, 2.75) is 17.6 Å². The Bertz CT molecular complexity index is 610. The van der Waals surface area contributed by atoms with Gasteiger partial charge in [0.15, 0.2) is 0 Å². The van der Waals surface area contributed by atoms with Gasteiger partial charge in [0.05, 0.1) is 10.3 Å². The molecule has 0 spiro atoms. The fourth-order valence-corrected chi connectivity index (χ4v) is 6.10. The van der Waals surface area contributed by atoms with E-state index in [0.29, 0.717) is 36.8 Å². The van der Waals surface area contributed by atoms with E-state index in [0.717, 1.165) is 9.35 Å². The lowest BCUT2D eigenvalue weighted by Gasteiger charge is -2.20. The van der Waals surface area contributed by atoms with Crippen LogP contribution in [0, 0.1) is 6.92 Å². The Kier molecular flexibility index (Phi) is 5.42. The van der Waals surface area contributed by atoms with Gasteiger partial charge in [0.1, 0.15) is 4.21 Å². The third kappa shape index (κ3) is 4.04. The number of aryl methyl sites for hydroxylation is 1. The van der Waals surface area contributed by atoms with Crippen molar-refractivity contribution in [1.82, 2.24) is 9.21 Å². The molecule has 1 saturated heterocycles. The lowest BCUT2D eigenvalue weighted by Crippen LogP contribution is -2.38. The van der Waals surface area contributed by atoms with Crippen LogP contribution in [0.1, 0.15) is 12.0 Å². The molecule has 1 aliphatic heterocycles. The Hall–Kier alpha value is -0.480. The van der Waals surface area contributed by atoms with E-state index in [1.165, 1.54) is 15.6 Å². The number of primary amides is 1. The highest BCUT2D eigenvalue weighted by Crippen LogP contribution is 2.32. The van der Waals surface area contributed by atoms with Gasteiger partial charge in [-0.05, 0) is 47.4 Å². The van der Waals surface area contributed by atoms with Crippen LogP contribution in [0.25, 0.3) is 0 Å². The van der Waals surface area contributed by atoms with Gasteiger partial charge in [-0.3, -0.25) is 9.69 Å². The first-order chi connectivity index (χ1) is 9.80. The van der Waals surface area contributed by atoms with Gasteiger partial charge in [0.25, 0.3) is 10.0 Å². The van der Waals surface area contributed by atoms with Crippen LogP contribution >= 0.6 is 27.3 Å². The molecule has 0 radical (unpaired) electrons. The maximum Gasteiger partial charge on any atom is 0.252 e. The van der Waals surface area contributed by atoms with Crippen LogP contribution in [0.2, 0.25) is 0 Å². The molecule has 1 aliphatic rings. The molecule has 0 aromatic carbocycles. The van der Waals surface area contributed by atoms with E-state index in [1.807, 2.05) is 11.8 Å². The summed E-state index contributed by atoms with van der Waals surface area (Å²) < 4.78 is 28.0. The first kappa shape index (κ1) is 16.9. The SMILES string of the molecule is Cc1cc(S(=O)(=O)N2CCCN(CC(N)=O)CC2)sc1Br. The highest BCUT2D eigenvalue weighted by atomic mass is 79.9. The van der Waals surface area contributed by atoms with Crippen LogP contribution in [0.4, 0.5) is 0 Å². The molecular weight excluding hydrogens is 378 g/mol. The highest BCUT2D eigenvalue weighted by molar-refractivity contribution is 9.11. The molecule has 0 unspecified atom stereocenters. The second-order valence-electron chi connectivity index (χ2n) is 5.02. The van der Waals surface area contributed by atoms with Crippen LogP contribution in [-0.2, 0) is 14.8 Å². The summed E-state index contributed by atoms with van der Waals surface area (Å²) in [6.07, 6.45) is 0.692. The Morgan fingerprint density at radius 2 is 2.10 bits per heavy atom. The van der Waals surface area contributed by atoms with E-state index in [1.54, 1.807) is 6.07 Å². The molecule has 1 fully saturated rings. The second-order valence-corrected chi connectivity index (χ2v) is 9.56. The Balaban J connectivity index is 2.12. The molecule has 2 rings (SSSR count). The van der Waals surface area contributed by atoms with Crippen molar-refractivity contribution in [3.05, 3.63) is 15.4 Å². The molecule has 1 aromatic rings. The predicted octanol–water partition coefficient (Wildman–Crippen LogP) is 1.00. The van der Waals surface area contributed by atoms with Gasteiger partial charge >= 0.3 is 0 Å². The van der Waals surface area contributed by atoms with Gasteiger partial charge in [-0.2, -0.15) is 4.31 Å². The van der Waals surface area contributed by atoms with Crippen molar-refractivity contribution in [2.75, 3.05) is 32.7 Å². The summed E-state index contributed by atoms with van der Waals surface area (Å²) in [7, 11) is -3.46. The average Bonchev–Trinajstić information content (AvgIpc) is 2.62. The largest absolute Gasteiger partial charge is 0.369 e. The summed E-state index contributed by atoms with van der Waals surface area (Å²) in [6.45, 7) is 4.10. The molecule has 6 nitrogen and oxygen atoms in total. The molecule has 2 N–H and O–H groups in total. The maximum absolute atomic E-state index is 12.6. The average molecular weight is 396 g/mol. The fourth-order valence-electron chi connectivity index (χ4n) is 2.25. The minimum atomic E-state index is -3.46. The van der Waals surface area contributed by atoms with E-state index >= 15 is 0 Å². The fraction of sp³-hybridized carbons (Fsp3) is 0.583. The summed E-state index contributed by atoms with van der Waals surface area (Å²) >= 11 is 4.59. The first-order valence-corrected chi connectivity index (χ1v) is 9.62. The lowest BCUT2D eigenvalue weighted by atomic mass is 10.4. The number of amides is 1. The first-order valence-electron chi connectivity index (χ1n) is 6.57. The van der Waals surface area contributed by atoms with Crippen LogP contribution in [0.5, 0.6) is 0 Å². The number of thiophene rings is 1. The van der Waals surface area contributed by atoms with Crippen molar-refractivity contribution < 1.29 is 13.2 Å². The van der Waals surface area contributed by atoms with Gasteiger partial charge in [0.2, 0.25) is 5.91 Å². The van der Waals surface area contributed by atoms with Gasteiger partial charge in [-0.15, -0.1) is 11.3 Å². The van der Waals surface area contributed by atoms with Crippen molar-refractivity contribution in [1.29, 1.82) is 0 Å². The van der Waals surface area contributed by atoms with Crippen LogP contribution in [0.15, 0.2) is 14.1 Å². The molecule has 0 bridgehead atoms. The molecule has 2 heterocycles. The molecule has 21 heavy (non-hydrogen) atoms. The standard InChI is InChI=1S/C12H18BrN3O3S2/c1-9-7-11(20-12(9)13)21(18,19)16-4-2-3-15(5-6-16)8-10(14)17/h7H,2-6,8H2,1H3,(H2,14,17). The normalized spacial score (nSPS) is 18.6. The molecule has 1 amide bonds. The predicted molar refractivity (Wildman–Crippen MR) is 85.8 cm³/mol. The van der Waals surface area contributed by atoms with Gasteiger partial charge in [0, 0.05) is 19.6 Å². The smallest absolute Gasteiger partial charge is 0.252 e. The van der Waals surface area contributed by atoms with Crippen molar-refractivity contribution >= 4 is 43.2 Å². The molecule has 1 aromatic heterocycles. The molecule has 0 saturated carbocycles. The summed E-state index contributed by atoms with van der Waals surface area (Å²) in [5.41, 5.74) is 6.11. The number of nitrogens with zero attached hydrogens (tertiary/aromatic N) is 2. The highest BCUT2D eigenvalue weighted by Gasteiger charge is 2.29. The van der Waals surface area contributed by atoms with Crippen molar-refractivity contribution in [2.24, 2.45) is 5.73 Å². The van der Waals surface area contributed by atoms with E-state index in [4.69, 9.17) is 5.73 Å². The van der Waals surface area contributed by atoms with Gasteiger partial charge in [-0.1, -0.05) is 0 Å². The number of carbonyl (C=O) groups excluding carboxylic acids is 1. The lowest BCUT2D eigenvalue weighted by molar-refractivity contribution is -0.119. The van der Waals surface area contributed by atoms with Crippen LogP contribution in [-0.4, -0.2) is 56.3 Å². The zero-order valence-electron chi connectivity index (χ0n) is 11.7. The van der Waals surface area contributed by atoms with E-state index in [2.05, 4.69) is 15.9 Å². The Morgan fingerprint density at radius 3 is 2.67 bits per heavy atom. The van der Waals surface area contributed by atoms with Crippen LogP contribution < -0.4 is 5.73 Å². The number of carbonyl (C=O) groups is 1. The third-order valence-electron chi connectivity index (χ3n) is 3.36. The third-order valence-corrected chi connectivity index (χ3v) is 7.84. The Labute approximate surface area is 137 Å². The molecule has 0 atom stereocenters. The number of halogens is 1. The summed E-state index contributed by atoms with van der Waals surface area (Å²) in [6, 6.07) is 1.69. The van der Waals surface area contributed by atoms with Gasteiger partial charge < -0.3 is 5.73 Å². The number of rotatable bonds is 4.